The van der Waals surface area contributed by atoms with E-state index in [1.165, 1.54) is 5.69 Å². The smallest absolute Gasteiger partial charge is 0.0547 e. The number of nitrogens with zero attached hydrogens (tertiary/aromatic N) is 2. The van der Waals surface area contributed by atoms with Gasteiger partial charge in [0, 0.05) is 25.7 Å². The second kappa shape index (κ2) is 9.16. The fourth-order valence-corrected chi connectivity index (χ4v) is 2.34. The zero-order chi connectivity index (χ0) is 15.8. The van der Waals surface area contributed by atoms with Gasteiger partial charge in [-0.1, -0.05) is 33.8 Å². The molecule has 0 aliphatic rings. The second-order valence-corrected chi connectivity index (χ2v) is 7.06. The summed E-state index contributed by atoms with van der Waals surface area (Å²) in [7, 11) is 0. The quantitative estimate of drug-likeness (QED) is 0.752. The van der Waals surface area contributed by atoms with Crippen molar-refractivity contribution >= 4 is 0 Å². The molecular weight excluding hydrogens is 258 g/mol. The zero-order valence-electron chi connectivity index (χ0n) is 14.7. The van der Waals surface area contributed by atoms with E-state index < -0.39 is 0 Å². The Morgan fingerprint density at radius 1 is 1.00 bits per heavy atom. The summed E-state index contributed by atoms with van der Waals surface area (Å²) in [5, 5.41) is 3.46. The molecule has 0 bridgehead atoms. The van der Waals surface area contributed by atoms with E-state index in [4.69, 9.17) is 4.98 Å². The first-order valence-corrected chi connectivity index (χ1v) is 8.28. The van der Waals surface area contributed by atoms with Crippen molar-refractivity contribution < 1.29 is 0 Å². The van der Waals surface area contributed by atoms with Gasteiger partial charge in [0.1, 0.15) is 0 Å². The molecule has 1 rings (SSSR count). The second-order valence-electron chi connectivity index (χ2n) is 7.06. The molecule has 0 saturated heterocycles. The molecule has 0 atom stereocenters. The third-order valence-electron chi connectivity index (χ3n) is 3.42. The van der Waals surface area contributed by atoms with Gasteiger partial charge in [-0.15, -0.1) is 0 Å². The lowest BCUT2D eigenvalue weighted by Gasteiger charge is -2.28. The fraction of sp³-hybridized carbons (Fsp3) is 0.722. The molecule has 1 aromatic heterocycles. The first-order valence-electron chi connectivity index (χ1n) is 8.28. The summed E-state index contributed by atoms with van der Waals surface area (Å²) in [6, 6.07) is 6.93. The van der Waals surface area contributed by atoms with Crippen LogP contribution in [-0.2, 0) is 13.1 Å². The van der Waals surface area contributed by atoms with Crippen molar-refractivity contribution in [2.45, 2.75) is 60.7 Å². The minimum Gasteiger partial charge on any atom is -0.311 e. The Labute approximate surface area is 131 Å². The highest BCUT2D eigenvalue weighted by Gasteiger charge is 2.12. The van der Waals surface area contributed by atoms with Crippen molar-refractivity contribution in [3.63, 3.8) is 0 Å². The van der Waals surface area contributed by atoms with E-state index in [2.05, 4.69) is 70.0 Å². The Morgan fingerprint density at radius 2 is 1.67 bits per heavy atom. The highest BCUT2D eigenvalue weighted by Crippen LogP contribution is 2.10. The van der Waals surface area contributed by atoms with Crippen LogP contribution in [0.5, 0.6) is 0 Å². The van der Waals surface area contributed by atoms with Gasteiger partial charge in [-0.05, 0) is 44.4 Å². The van der Waals surface area contributed by atoms with Gasteiger partial charge in [-0.2, -0.15) is 0 Å². The van der Waals surface area contributed by atoms with Crippen LogP contribution in [0.3, 0.4) is 0 Å². The van der Waals surface area contributed by atoms with Crippen molar-refractivity contribution in [1.82, 2.24) is 15.2 Å². The predicted octanol–water partition coefficient (Wildman–Crippen LogP) is 3.69. The number of nitrogens with one attached hydrogen (secondary N) is 1. The predicted molar refractivity (Wildman–Crippen MR) is 91.2 cm³/mol. The first kappa shape index (κ1) is 18.1. The summed E-state index contributed by atoms with van der Waals surface area (Å²) in [6.45, 7) is 17.5. The molecule has 0 saturated carbocycles. The molecule has 0 fully saturated rings. The molecule has 0 unspecified atom stereocenters. The normalized spacial score (nSPS) is 12.1. The lowest BCUT2D eigenvalue weighted by atomic mass is 10.1. The van der Waals surface area contributed by atoms with Crippen LogP contribution in [0.1, 0.15) is 52.9 Å². The van der Waals surface area contributed by atoms with Gasteiger partial charge >= 0.3 is 0 Å². The standard InChI is InChI=1S/C18H33N3/c1-14(2)10-19-11-17-8-7-9-18(20-17)13-21(16(5)6)12-15(3)4/h7-9,14-16,19H,10-13H2,1-6H3. The third-order valence-corrected chi connectivity index (χ3v) is 3.42. The molecule has 3 heteroatoms. The Morgan fingerprint density at radius 3 is 2.24 bits per heavy atom. The van der Waals surface area contributed by atoms with E-state index in [-0.39, 0.29) is 0 Å². The van der Waals surface area contributed by atoms with Crippen LogP contribution in [0.2, 0.25) is 0 Å². The van der Waals surface area contributed by atoms with E-state index in [1.54, 1.807) is 0 Å². The molecule has 0 radical (unpaired) electrons. The minimum atomic E-state index is 0.553. The molecule has 1 N–H and O–H groups in total. The first-order chi connectivity index (χ1) is 9.88. The van der Waals surface area contributed by atoms with Gasteiger partial charge in [0.05, 0.1) is 11.4 Å². The molecule has 0 aliphatic carbocycles. The summed E-state index contributed by atoms with van der Waals surface area (Å²) >= 11 is 0. The summed E-state index contributed by atoms with van der Waals surface area (Å²) in [5.41, 5.74) is 2.31. The van der Waals surface area contributed by atoms with Gasteiger partial charge < -0.3 is 5.32 Å². The van der Waals surface area contributed by atoms with Crippen LogP contribution in [0, 0.1) is 11.8 Å². The molecule has 0 aromatic carbocycles. The van der Waals surface area contributed by atoms with Gasteiger partial charge in [-0.3, -0.25) is 9.88 Å². The fourth-order valence-electron chi connectivity index (χ4n) is 2.34. The Kier molecular flexibility index (Phi) is 7.91. The van der Waals surface area contributed by atoms with E-state index in [0.29, 0.717) is 17.9 Å². The average Bonchev–Trinajstić information content (AvgIpc) is 2.37. The van der Waals surface area contributed by atoms with Crippen molar-refractivity contribution in [2.75, 3.05) is 13.1 Å². The van der Waals surface area contributed by atoms with Crippen LogP contribution >= 0.6 is 0 Å². The minimum absolute atomic E-state index is 0.553. The monoisotopic (exact) mass is 291 g/mol. The van der Waals surface area contributed by atoms with Gasteiger partial charge in [0.15, 0.2) is 0 Å². The Balaban J connectivity index is 2.61. The van der Waals surface area contributed by atoms with E-state index in [9.17, 15) is 0 Å². The molecule has 1 aromatic rings. The highest BCUT2D eigenvalue weighted by atomic mass is 15.2. The maximum absolute atomic E-state index is 4.79. The molecule has 3 nitrogen and oxygen atoms in total. The van der Waals surface area contributed by atoms with E-state index in [0.717, 1.165) is 31.9 Å². The molecule has 120 valence electrons. The van der Waals surface area contributed by atoms with Crippen LogP contribution in [-0.4, -0.2) is 29.0 Å². The molecule has 21 heavy (non-hydrogen) atoms. The maximum Gasteiger partial charge on any atom is 0.0547 e. The summed E-state index contributed by atoms with van der Waals surface area (Å²) in [6.07, 6.45) is 0. The lowest BCUT2D eigenvalue weighted by Crippen LogP contribution is -2.34. The number of hydrogen-bond donors (Lipinski definition) is 1. The lowest BCUT2D eigenvalue weighted by molar-refractivity contribution is 0.187. The van der Waals surface area contributed by atoms with Gasteiger partial charge in [0.25, 0.3) is 0 Å². The van der Waals surface area contributed by atoms with Crippen molar-refractivity contribution in [2.24, 2.45) is 11.8 Å². The summed E-state index contributed by atoms with van der Waals surface area (Å²) in [5.74, 6) is 1.36. The largest absolute Gasteiger partial charge is 0.311 e. The van der Waals surface area contributed by atoms with Crippen LogP contribution in [0.4, 0.5) is 0 Å². The number of rotatable bonds is 9. The number of hydrogen-bond acceptors (Lipinski definition) is 3. The molecule has 0 aliphatic heterocycles. The van der Waals surface area contributed by atoms with Crippen molar-refractivity contribution in [1.29, 1.82) is 0 Å². The molecule has 0 spiro atoms. The average molecular weight is 291 g/mol. The maximum atomic E-state index is 4.79. The van der Waals surface area contributed by atoms with E-state index >= 15 is 0 Å². The summed E-state index contributed by atoms with van der Waals surface area (Å²) < 4.78 is 0. The van der Waals surface area contributed by atoms with Gasteiger partial charge in [-0.25, -0.2) is 0 Å². The van der Waals surface area contributed by atoms with Gasteiger partial charge in [0.2, 0.25) is 0 Å². The van der Waals surface area contributed by atoms with E-state index in [1.807, 2.05) is 0 Å². The van der Waals surface area contributed by atoms with Crippen molar-refractivity contribution in [3.05, 3.63) is 29.6 Å². The molecular formula is C18H33N3. The third kappa shape index (κ3) is 7.58. The van der Waals surface area contributed by atoms with Crippen LogP contribution < -0.4 is 5.32 Å². The highest BCUT2D eigenvalue weighted by molar-refractivity contribution is 5.11. The summed E-state index contributed by atoms with van der Waals surface area (Å²) in [4.78, 5) is 7.29. The zero-order valence-corrected chi connectivity index (χ0v) is 14.7. The Hall–Kier alpha value is -0.930. The van der Waals surface area contributed by atoms with Crippen LogP contribution in [0.25, 0.3) is 0 Å². The molecule has 0 amide bonds. The molecule has 1 heterocycles. The van der Waals surface area contributed by atoms with Crippen molar-refractivity contribution in [3.8, 4) is 0 Å². The number of aromatic nitrogens is 1. The Bertz CT molecular complexity index is 399. The topological polar surface area (TPSA) is 28.2 Å². The van der Waals surface area contributed by atoms with Crippen LogP contribution in [0.15, 0.2) is 18.2 Å². The number of pyridine rings is 1. The SMILES string of the molecule is CC(C)CNCc1cccc(CN(CC(C)C)C(C)C)n1.